The van der Waals surface area contributed by atoms with E-state index in [2.05, 4.69) is 5.32 Å². The summed E-state index contributed by atoms with van der Waals surface area (Å²) in [5.74, 6) is -0.169. The maximum absolute atomic E-state index is 12.6. The average molecular weight is 445 g/mol. The first-order chi connectivity index (χ1) is 13.4. The predicted molar refractivity (Wildman–Crippen MR) is 107 cm³/mol. The molecule has 2 aromatic carbocycles. The lowest BCUT2D eigenvalue weighted by Gasteiger charge is -2.26. The van der Waals surface area contributed by atoms with E-state index in [-0.39, 0.29) is 28.2 Å². The number of halogens is 2. The highest BCUT2D eigenvalue weighted by Gasteiger charge is 2.27. The van der Waals surface area contributed by atoms with Crippen LogP contribution in [0.5, 0.6) is 5.75 Å². The van der Waals surface area contributed by atoms with E-state index >= 15 is 0 Å². The Hall–Kier alpha value is -1.84. The van der Waals surface area contributed by atoms with Crippen LogP contribution in [0.15, 0.2) is 47.4 Å². The second-order valence-electron chi connectivity index (χ2n) is 5.95. The Labute approximate surface area is 173 Å². The van der Waals surface area contributed by atoms with E-state index in [0.717, 1.165) is 0 Å². The number of nitrogens with zero attached hydrogens (tertiary/aromatic N) is 1. The molecule has 1 N–H and O–H groups in total. The Morgan fingerprint density at radius 1 is 1.11 bits per heavy atom. The summed E-state index contributed by atoms with van der Waals surface area (Å²) >= 11 is 12.0. The Morgan fingerprint density at radius 3 is 2.43 bits per heavy atom. The maximum atomic E-state index is 12.6. The van der Waals surface area contributed by atoms with Crippen LogP contribution in [-0.4, -0.2) is 51.5 Å². The van der Waals surface area contributed by atoms with Gasteiger partial charge in [-0.25, -0.2) is 8.42 Å². The highest BCUT2D eigenvalue weighted by molar-refractivity contribution is 7.89. The lowest BCUT2D eigenvalue weighted by molar-refractivity contribution is -0.118. The van der Waals surface area contributed by atoms with Crippen LogP contribution in [0.25, 0.3) is 0 Å². The summed E-state index contributed by atoms with van der Waals surface area (Å²) in [5, 5.41) is 3.33. The van der Waals surface area contributed by atoms with E-state index in [4.69, 9.17) is 32.7 Å². The van der Waals surface area contributed by atoms with Gasteiger partial charge in [0.1, 0.15) is 5.75 Å². The molecule has 1 aliphatic rings. The molecule has 0 spiro atoms. The van der Waals surface area contributed by atoms with Gasteiger partial charge in [0.05, 0.1) is 23.1 Å². The second-order valence-corrected chi connectivity index (χ2v) is 8.73. The molecule has 0 aliphatic carbocycles. The van der Waals surface area contributed by atoms with Gasteiger partial charge < -0.3 is 14.8 Å². The van der Waals surface area contributed by atoms with Crippen molar-refractivity contribution >= 4 is 44.8 Å². The van der Waals surface area contributed by atoms with Gasteiger partial charge in [0.25, 0.3) is 5.91 Å². The first kappa shape index (κ1) is 20.9. The standard InChI is InChI=1S/C18H18Cl2N2O5S/c19-13-1-3-14(4-2-13)21-18(23)12-27-17-6-5-15(11-16(17)20)28(24,25)22-7-9-26-10-8-22/h1-6,11H,7-10,12H2,(H,21,23). The minimum absolute atomic E-state index is 0.0670. The summed E-state index contributed by atoms with van der Waals surface area (Å²) in [7, 11) is -3.65. The number of amides is 1. The van der Waals surface area contributed by atoms with E-state index in [0.29, 0.717) is 37.0 Å². The zero-order valence-corrected chi connectivity index (χ0v) is 17.1. The van der Waals surface area contributed by atoms with Crippen LogP contribution in [0.2, 0.25) is 10.0 Å². The number of carbonyl (C=O) groups excluding carboxylic acids is 1. The minimum atomic E-state index is -3.65. The fraction of sp³-hybridized carbons (Fsp3) is 0.278. The van der Waals surface area contributed by atoms with Crippen LogP contribution in [0.4, 0.5) is 5.69 Å². The van der Waals surface area contributed by atoms with Gasteiger partial charge in [0.2, 0.25) is 10.0 Å². The molecule has 28 heavy (non-hydrogen) atoms. The number of anilines is 1. The molecule has 150 valence electrons. The molecule has 0 saturated carbocycles. The Kier molecular flexibility index (Phi) is 6.79. The normalized spacial score (nSPS) is 15.2. The molecule has 0 radical (unpaired) electrons. The molecule has 1 aliphatic heterocycles. The van der Waals surface area contributed by atoms with Gasteiger partial charge in [-0.05, 0) is 42.5 Å². The molecule has 1 amide bonds. The lowest BCUT2D eigenvalue weighted by atomic mass is 10.3. The van der Waals surface area contributed by atoms with Crippen molar-refractivity contribution in [1.29, 1.82) is 0 Å². The molecule has 1 saturated heterocycles. The van der Waals surface area contributed by atoms with Gasteiger partial charge in [-0.15, -0.1) is 0 Å². The SMILES string of the molecule is O=C(COc1ccc(S(=O)(=O)N2CCOCC2)cc1Cl)Nc1ccc(Cl)cc1. The van der Waals surface area contributed by atoms with Crippen LogP contribution in [0.1, 0.15) is 0 Å². The van der Waals surface area contributed by atoms with Crippen molar-refractivity contribution < 1.29 is 22.7 Å². The van der Waals surface area contributed by atoms with Crippen LogP contribution >= 0.6 is 23.2 Å². The monoisotopic (exact) mass is 444 g/mol. The van der Waals surface area contributed by atoms with Crippen molar-refractivity contribution in [2.45, 2.75) is 4.90 Å². The minimum Gasteiger partial charge on any atom is -0.482 e. The van der Waals surface area contributed by atoms with Crippen molar-refractivity contribution in [2.24, 2.45) is 0 Å². The number of sulfonamides is 1. The van der Waals surface area contributed by atoms with Crippen molar-refractivity contribution in [3.63, 3.8) is 0 Å². The topological polar surface area (TPSA) is 84.9 Å². The Morgan fingerprint density at radius 2 is 1.79 bits per heavy atom. The van der Waals surface area contributed by atoms with Gasteiger partial charge in [0.15, 0.2) is 6.61 Å². The quantitative estimate of drug-likeness (QED) is 0.739. The van der Waals surface area contributed by atoms with Crippen LogP contribution in [0, 0.1) is 0 Å². The zero-order valence-electron chi connectivity index (χ0n) is 14.7. The predicted octanol–water partition coefficient (Wildman–Crippen LogP) is 3.03. The molecule has 0 unspecified atom stereocenters. The van der Waals surface area contributed by atoms with E-state index in [1.165, 1.54) is 22.5 Å². The molecule has 3 rings (SSSR count). The van der Waals surface area contributed by atoms with E-state index in [1.807, 2.05) is 0 Å². The summed E-state index contributed by atoms with van der Waals surface area (Å²) < 4.78 is 37.2. The fourth-order valence-corrected chi connectivity index (χ4v) is 4.43. The van der Waals surface area contributed by atoms with E-state index in [1.54, 1.807) is 24.3 Å². The first-order valence-electron chi connectivity index (χ1n) is 8.42. The Balaban J connectivity index is 1.62. The zero-order chi connectivity index (χ0) is 20.1. The van der Waals surface area contributed by atoms with Gasteiger partial charge in [-0.2, -0.15) is 4.31 Å². The summed E-state index contributed by atoms with van der Waals surface area (Å²) in [4.78, 5) is 12.1. The molecule has 2 aromatic rings. The lowest BCUT2D eigenvalue weighted by Crippen LogP contribution is -2.40. The van der Waals surface area contributed by atoms with Crippen molar-refractivity contribution in [3.05, 3.63) is 52.5 Å². The number of hydrogen-bond donors (Lipinski definition) is 1. The number of benzene rings is 2. The van der Waals surface area contributed by atoms with Gasteiger partial charge in [0, 0.05) is 23.8 Å². The van der Waals surface area contributed by atoms with Gasteiger partial charge in [-0.3, -0.25) is 4.79 Å². The number of nitrogens with one attached hydrogen (secondary N) is 1. The van der Waals surface area contributed by atoms with E-state index < -0.39 is 10.0 Å². The number of hydrogen-bond acceptors (Lipinski definition) is 5. The molecular formula is C18H18Cl2N2O5S. The molecular weight excluding hydrogens is 427 g/mol. The average Bonchev–Trinajstić information content (AvgIpc) is 2.69. The first-order valence-corrected chi connectivity index (χ1v) is 10.6. The highest BCUT2D eigenvalue weighted by Crippen LogP contribution is 2.29. The highest BCUT2D eigenvalue weighted by atomic mass is 35.5. The molecule has 0 aromatic heterocycles. The van der Waals surface area contributed by atoms with Crippen LogP contribution < -0.4 is 10.1 Å². The fourth-order valence-electron chi connectivity index (χ4n) is 2.57. The van der Waals surface area contributed by atoms with Crippen LogP contribution in [-0.2, 0) is 19.6 Å². The number of rotatable bonds is 6. The number of carbonyl (C=O) groups is 1. The van der Waals surface area contributed by atoms with E-state index in [9.17, 15) is 13.2 Å². The molecule has 7 nitrogen and oxygen atoms in total. The van der Waals surface area contributed by atoms with Crippen molar-refractivity contribution in [3.8, 4) is 5.75 Å². The summed E-state index contributed by atoms with van der Waals surface area (Å²) in [6.45, 7) is 1.03. The summed E-state index contributed by atoms with van der Waals surface area (Å²) in [6.07, 6.45) is 0. The molecule has 1 fully saturated rings. The second kappa shape index (κ2) is 9.11. The number of ether oxygens (including phenoxy) is 2. The molecule has 1 heterocycles. The summed E-state index contributed by atoms with van der Waals surface area (Å²) in [6, 6.07) is 10.8. The third-order valence-corrected chi connectivity index (χ3v) is 6.44. The smallest absolute Gasteiger partial charge is 0.262 e. The maximum Gasteiger partial charge on any atom is 0.262 e. The largest absolute Gasteiger partial charge is 0.482 e. The molecule has 0 bridgehead atoms. The third-order valence-electron chi connectivity index (χ3n) is 4.00. The third kappa shape index (κ3) is 5.15. The molecule has 0 atom stereocenters. The molecule has 10 heteroatoms. The van der Waals surface area contributed by atoms with Crippen molar-refractivity contribution in [2.75, 3.05) is 38.2 Å². The van der Waals surface area contributed by atoms with Gasteiger partial charge in [-0.1, -0.05) is 23.2 Å². The van der Waals surface area contributed by atoms with Crippen LogP contribution in [0.3, 0.4) is 0 Å². The Bertz CT molecular complexity index is 945. The van der Waals surface area contributed by atoms with Gasteiger partial charge >= 0.3 is 0 Å². The summed E-state index contributed by atoms with van der Waals surface area (Å²) in [5.41, 5.74) is 0.580. The number of morpholine rings is 1. The van der Waals surface area contributed by atoms with Crippen molar-refractivity contribution in [1.82, 2.24) is 4.31 Å².